The second-order valence-corrected chi connectivity index (χ2v) is 5.22. The van der Waals surface area contributed by atoms with Crippen molar-refractivity contribution in [2.45, 2.75) is 19.4 Å². The van der Waals surface area contributed by atoms with Crippen molar-refractivity contribution in [3.05, 3.63) is 34.9 Å². The second-order valence-electron chi connectivity index (χ2n) is 4.81. The predicted octanol–water partition coefficient (Wildman–Crippen LogP) is 1.90. The van der Waals surface area contributed by atoms with Gasteiger partial charge < -0.3 is 5.32 Å². The van der Waals surface area contributed by atoms with E-state index in [0.717, 1.165) is 6.07 Å². The predicted molar refractivity (Wildman–Crippen MR) is 77.1 cm³/mol. The number of aromatic nitrogens is 3. The fourth-order valence-electron chi connectivity index (χ4n) is 2.18. The summed E-state index contributed by atoms with van der Waals surface area (Å²) in [7, 11) is 0. The summed E-state index contributed by atoms with van der Waals surface area (Å²) in [5.74, 6) is -0.500. The van der Waals surface area contributed by atoms with Crippen LogP contribution >= 0.6 is 11.6 Å². The van der Waals surface area contributed by atoms with E-state index in [1.165, 1.54) is 16.8 Å². The zero-order valence-corrected chi connectivity index (χ0v) is 12.2. The van der Waals surface area contributed by atoms with Crippen LogP contribution in [0, 0.1) is 12.7 Å². The average Bonchev–Trinajstić information content (AvgIpc) is 2.92. The molecule has 0 saturated heterocycles. The summed E-state index contributed by atoms with van der Waals surface area (Å²) >= 11 is 5.65. The summed E-state index contributed by atoms with van der Waals surface area (Å²) < 4.78 is 14.5. The van der Waals surface area contributed by atoms with Crippen LogP contribution in [0.5, 0.6) is 0 Å². The molecule has 0 saturated carbocycles. The lowest BCUT2D eigenvalue weighted by Gasteiger charge is -2.10. The first-order valence-electron chi connectivity index (χ1n) is 6.43. The molecule has 3 rings (SSSR count). The van der Waals surface area contributed by atoms with Gasteiger partial charge in [-0.25, -0.2) is 9.07 Å². The molecule has 1 unspecified atom stereocenters. The van der Waals surface area contributed by atoms with E-state index in [2.05, 4.69) is 20.7 Å². The van der Waals surface area contributed by atoms with Crippen LogP contribution in [0.3, 0.4) is 0 Å². The monoisotopic (exact) mass is 323 g/mol. The molecule has 2 aromatic rings. The van der Waals surface area contributed by atoms with E-state index in [0.29, 0.717) is 17.5 Å². The Kier molecular flexibility index (Phi) is 3.53. The lowest BCUT2D eigenvalue weighted by Crippen LogP contribution is -2.23. The van der Waals surface area contributed by atoms with Gasteiger partial charge in [0.2, 0.25) is 11.9 Å². The number of nitrogens with zero attached hydrogens (tertiary/aromatic N) is 3. The Morgan fingerprint density at radius 3 is 3.05 bits per heavy atom. The number of hydrogen-bond acceptors (Lipinski definition) is 4. The standard InChI is InChI=1S/C13H11ClFN5O2/c1-6-16-13-18-12(22)10(20(13)19-6)5-11(21)17-7-2-3-9(15)8(14)4-7/h2-4,10H,5H2,1H3,(H,17,21)(H,16,18,19,22). The molecule has 1 aliphatic heterocycles. The largest absolute Gasteiger partial charge is 0.326 e. The minimum Gasteiger partial charge on any atom is -0.326 e. The van der Waals surface area contributed by atoms with Gasteiger partial charge in [-0.2, -0.15) is 10.1 Å². The number of hydrogen-bond donors (Lipinski definition) is 2. The third kappa shape index (κ3) is 2.64. The first-order chi connectivity index (χ1) is 10.4. The Morgan fingerprint density at radius 2 is 2.32 bits per heavy atom. The first kappa shape index (κ1) is 14.5. The molecule has 0 radical (unpaired) electrons. The number of benzene rings is 1. The zero-order valence-electron chi connectivity index (χ0n) is 11.4. The molecule has 2 N–H and O–H groups in total. The Hall–Kier alpha value is -2.48. The summed E-state index contributed by atoms with van der Waals surface area (Å²) in [5, 5.41) is 9.11. The van der Waals surface area contributed by atoms with Gasteiger partial charge in [-0.05, 0) is 25.1 Å². The summed E-state index contributed by atoms with van der Waals surface area (Å²) in [6.45, 7) is 1.69. The number of rotatable bonds is 3. The minimum absolute atomic E-state index is 0.0920. The highest BCUT2D eigenvalue weighted by Gasteiger charge is 2.34. The molecular formula is C13H11ClFN5O2. The summed E-state index contributed by atoms with van der Waals surface area (Å²) in [4.78, 5) is 27.9. The van der Waals surface area contributed by atoms with E-state index in [4.69, 9.17) is 11.6 Å². The smallest absolute Gasteiger partial charge is 0.252 e. The van der Waals surface area contributed by atoms with Crippen molar-refractivity contribution >= 4 is 35.1 Å². The van der Waals surface area contributed by atoms with Crippen LogP contribution in [0.4, 0.5) is 16.0 Å². The van der Waals surface area contributed by atoms with Crippen molar-refractivity contribution in [2.24, 2.45) is 0 Å². The van der Waals surface area contributed by atoms with E-state index >= 15 is 0 Å². The average molecular weight is 324 g/mol. The van der Waals surface area contributed by atoms with Gasteiger partial charge in [-0.15, -0.1) is 0 Å². The number of halogens is 2. The van der Waals surface area contributed by atoms with Crippen LogP contribution in [0.25, 0.3) is 0 Å². The molecule has 0 bridgehead atoms. The Balaban J connectivity index is 1.71. The molecular weight excluding hydrogens is 313 g/mol. The van der Waals surface area contributed by atoms with Crippen LogP contribution < -0.4 is 10.6 Å². The number of aryl methyl sites for hydroxylation is 1. The fourth-order valence-corrected chi connectivity index (χ4v) is 2.36. The third-order valence-electron chi connectivity index (χ3n) is 3.15. The van der Waals surface area contributed by atoms with E-state index in [1.54, 1.807) is 6.92 Å². The Bertz CT molecular complexity index is 776. The highest BCUT2D eigenvalue weighted by atomic mass is 35.5. The lowest BCUT2D eigenvalue weighted by molar-refractivity contribution is -0.123. The van der Waals surface area contributed by atoms with Crippen LogP contribution in [0.1, 0.15) is 18.3 Å². The van der Waals surface area contributed by atoms with Crippen molar-refractivity contribution in [3.63, 3.8) is 0 Å². The van der Waals surface area contributed by atoms with Gasteiger partial charge in [-0.3, -0.25) is 14.9 Å². The summed E-state index contributed by atoms with van der Waals surface area (Å²) in [5.41, 5.74) is 0.352. The van der Waals surface area contributed by atoms with Gasteiger partial charge >= 0.3 is 0 Å². The molecule has 2 amide bonds. The maximum atomic E-state index is 13.1. The molecule has 2 heterocycles. The van der Waals surface area contributed by atoms with Gasteiger partial charge in [0.25, 0.3) is 5.91 Å². The Morgan fingerprint density at radius 1 is 1.55 bits per heavy atom. The molecule has 0 aliphatic carbocycles. The third-order valence-corrected chi connectivity index (χ3v) is 3.44. The molecule has 7 nitrogen and oxygen atoms in total. The summed E-state index contributed by atoms with van der Waals surface area (Å²) in [6, 6.07) is 3.08. The molecule has 0 fully saturated rings. The molecule has 1 aliphatic rings. The van der Waals surface area contributed by atoms with Gasteiger partial charge in [0.05, 0.1) is 11.4 Å². The van der Waals surface area contributed by atoms with Gasteiger partial charge in [0.15, 0.2) is 0 Å². The maximum absolute atomic E-state index is 13.1. The number of anilines is 2. The van der Waals surface area contributed by atoms with E-state index in [-0.39, 0.29) is 17.4 Å². The van der Waals surface area contributed by atoms with Crippen LogP contribution in [0.2, 0.25) is 5.02 Å². The van der Waals surface area contributed by atoms with Crippen molar-refractivity contribution < 1.29 is 14.0 Å². The van der Waals surface area contributed by atoms with Crippen LogP contribution in [-0.2, 0) is 9.59 Å². The van der Waals surface area contributed by atoms with Crippen molar-refractivity contribution in [1.82, 2.24) is 14.8 Å². The molecule has 9 heteroatoms. The first-order valence-corrected chi connectivity index (χ1v) is 6.81. The summed E-state index contributed by atoms with van der Waals surface area (Å²) in [6.07, 6.45) is -0.114. The van der Waals surface area contributed by atoms with E-state index in [1.807, 2.05) is 0 Å². The van der Waals surface area contributed by atoms with Crippen molar-refractivity contribution in [3.8, 4) is 0 Å². The highest BCUT2D eigenvalue weighted by Crippen LogP contribution is 2.25. The zero-order chi connectivity index (χ0) is 15.9. The SMILES string of the molecule is Cc1nc2n(n1)C(CC(=O)Nc1ccc(F)c(Cl)c1)C(=O)N2. The number of carbonyl (C=O) groups is 2. The number of amides is 2. The molecule has 1 atom stereocenters. The van der Waals surface area contributed by atoms with Gasteiger partial charge in [0, 0.05) is 5.69 Å². The number of fused-ring (bicyclic) bond motifs is 1. The second kappa shape index (κ2) is 5.38. The van der Waals surface area contributed by atoms with Gasteiger partial charge in [0.1, 0.15) is 17.7 Å². The van der Waals surface area contributed by atoms with Gasteiger partial charge in [-0.1, -0.05) is 11.6 Å². The maximum Gasteiger partial charge on any atom is 0.252 e. The molecule has 22 heavy (non-hydrogen) atoms. The van der Waals surface area contributed by atoms with Crippen molar-refractivity contribution in [1.29, 1.82) is 0 Å². The van der Waals surface area contributed by atoms with Crippen LogP contribution in [-0.4, -0.2) is 26.6 Å². The highest BCUT2D eigenvalue weighted by molar-refractivity contribution is 6.31. The topological polar surface area (TPSA) is 88.9 Å². The Labute approximate surface area is 129 Å². The quantitative estimate of drug-likeness (QED) is 0.903. The number of nitrogens with one attached hydrogen (secondary N) is 2. The minimum atomic E-state index is -0.757. The van der Waals surface area contributed by atoms with E-state index < -0.39 is 17.8 Å². The lowest BCUT2D eigenvalue weighted by atomic mass is 10.2. The molecule has 114 valence electrons. The normalized spacial score (nSPS) is 16.3. The number of carbonyl (C=O) groups excluding carboxylic acids is 2. The molecule has 0 spiro atoms. The van der Waals surface area contributed by atoms with E-state index in [9.17, 15) is 14.0 Å². The molecule has 1 aromatic carbocycles. The molecule has 1 aromatic heterocycles. The fraction of sp³-hybridized carbons (Fsp3) is 0.231. The van der Waals surface area contributed by atoms with Crippen molar-refractivity contribution in [2.75, 3.05) is 10.6 Å². The van der Waals surface area contributed by atoms with Crippen LogP contribution in [0.15, 0.2) is 18.2 Å².